The molecule has 1 rings (SSSR count). The molecule has 5 heteroatoms. The van der Waals surface area contributed by atoms with Crippen LogP contribution in [-0.4, -0.2) is 11.8 Å². The number of rotatable bonds is 7. The fraction of sp³-hybridized carbons (Fsp3) is 0.625. The fourth-order valence-corrected chi connectivity index (χ4v) is 3.21. The highest BCUT2D eigenvalue weighted by Gasteiger charge is 2.33. The summed E-state index contributed by atoms with van der Waals surface area (Å²) in [6, 6.07) is 4.52. The first kappa shape index (κ1) is 18.4. The number of hydrogen-bond donors (Lipinski definition) is 1. The molecule has 1 unspecified atom stereocenters. The van der Waals surface area contributed by atoms with Crippen LogP contribution in [0.4, 0.5) is 13.2 Å². The molecule has 0 amide bonds. The number of benzene rings is 1. The third kappa shape index (κ3) is 6.30. The van der Waals surface area contributed by atoms with E-state index in [4.69, 9.17) is 5.73 Å². The smallest absolute Gasteiger partial charge is 0.327 e. The van der Waals surface area contributed by atoms with Gasteiger partial charge in [0, 0.05) is 10.9 Å². The van der Waals surface area contributed by atoms with Crippen molar-refractivity contribution in [3.63, 3.8) is 0 Å². The Morgan fingerprint density at radius 2 is 1.90 bits per heavy atom. The van der Waals surface area contributed by atoms with Gasteiger partial charge in [-0.1, -0.05) is 26.8 Å². The highest BCUT2D eigenvalue weighted by Crippen LogP contribution is 2.38. The summed E-state index contributed by atoms with van der Waals surface area (Å²) in [5.74, 6) is 1.20. The molecule has 0 aliphatic heterocycles. The van der Waals surface area contributed by atoms with Crippen molar-refractivity contribution in [1.29, 1.82) is 0 Å². The molecule has 1 aromatic rings. The summed E-state index contributed by atoms with van der Waals surface area (Å²) >= 11 is 1.28. The summed E-state index contributed by atoms with van der Waals surface area (Å²) in [4.78, 5) is 0.317. The highest BCUT2D eigenvalue weighted by molar-refractivity contribution is 7.99. The third-order valence-electron chi connectivity index (χ3n) is 3.32. The normalized spacial score (nSPS) is 13.7. The monoisotopic (exact) mass is 319 g/mol. The van der Waals surface area contributed by atoms with Crippen LogP contribution >= 0.6 is 11.8 Å². The van der Waals surface area contributed by atoms with Gasteiger partial charge in [0.2, 0.25) is 0 Å². The van der Waals surface area contributed by atoms with Gasteiger partial charge in [0.1, 0.15) is 0 Å². The standard InChI is InChI=1S/C16H24F3NS/c1-4-13(20)9-12-5-6-15(21-8-7-11(2)3)14(10-12)16(17,18)19/h5-6,10-11,13H,4,7-9,20H2,1-3H3. The molecule has 1 nitrogen and oxygen atoms in total. The van der Waals surface area contributed by atoms with E-state index < -0.39 is 11.7 Å². The third-order valence-corrected chi connectivity index (χ3v) is 4.43. The van der Waals surface area contributed by atoms with Crippen molar-refractivity contribution in [2.45, 2.75) is 57.1 Å². The predicted octanol–water partition coefficient (Wildman–Crippen LogP) is 5.12. The van der Waals surface area contributed by atoms with Gasteiger partial charge in [-0.3, -0.25) is 0 Å². The highest BCUT2D eigenvalue weighted by atomic mass is 32.2. The Hall–Kier alpha value is -0.680. The first-order valence-corrected chi connectivity index (χ1v) is 8.31. The minimum atomic E-state index is -4.31. The summed E-state index contributed by atoms with van der Waals surface area (Å²) in [7, 11) is 0. The van der Waals surface area contributed by atoms with E-state index in [9.17, 15) is 13.2 Å². The van der Waals surface area contributed by atoms with Crippen LogP contribution in [0.5, 0.6) is 0 Å². The zero-order chi connectivity index (χ0) is 16.0. The molecule has 120 valence electrons. The molecule has 1 aromatic carbocycles. The Morgan fingerprint density at radius 1 is 1.24 bits per heavy atom. The summed E-state index contributed by atoms with van der Waals surface area (Å²) < 4.78 is 39.6. The van der Waals surface area contributed by atoms with Gasteiger partial charge in [0.05, 0.1) is 5.56 Å². The van der Waals surface area contributed by atoms with Crippen LogP contribution in [0.1, 0.15) is 44.7 Å². The predicted molar refractivity (Wildman–Crippen MR) is 83.6 cm³/mol. The number of alkyl halides is 3. The number of hydrogen-bond acceptors (Lipinski definition) is 2. The maximum atomic E-state index is 13.2. The summed E-state index contributed by atoms with van der Waals surface area (Å²) in [5, 5.41) is 0. The van der Waals surface area contributed by atoms with E-state index in [1.54, 1.807) is 12.1 Å². The van der Waals surface area contributed by atoms with Gasteiger partial charge in [-0.15, -0.1) is 11.8 Å². The SMILES string of the molecule is CCC(N)Cc1ccc(SCCC(C)C)c(C(F)(F)F)c1. The maximum Gasteiger partial charge on any atom is 0.417 e. The van der Waals surface area contributed by atoms with E-state index in [1.165, 1.54) is 17.8 Å². The van der Waals surface area contributed by atoms with E-state index in [-0.39, 0.29) is 6.04 Å². The minimum Gasteiger partial charge on any atom is -0.327 e. The zero-order valence-corrected chi connectivity index (χ0v) is 13.7. The maximum absolute atomic E-state index is 13.2. The Labute approximate surface area is 129 Å². The van der Waals surface area contributed by atoms with Crippen LogP contribution in [0.25, 0.3) is 0 Å². The molecular formula is C16H24F3NS. The minimum absolute atomic E-state index is 0.0921. The molecule has 0 aromatic heterocycles. The van der Waals surface area contributed by atoms with Crippen molar-refractivity contribution >= 4 is 11.8 Å². The van der Waals surface area contributed by atoms with Gasteiger partial charge in [0.15, 0.2) is 0 Å². The lowest BCUT2D eigenvalue weighted by Crippen LogP contribution is -2.21. The number of thioether (sulfide) groups is 1. The average Bonchev–Trinajstić information content (AvgIpc) is 2.38. The van der Waals surface area contributed by atoms with E-state index in [0.717, 1.165) is 12.8 Å². The van der Waals surface area contributed by atoms with Crippen LogP contribution in [0.3, 0.4) is 0 Å². The Balaban J connectivity index is 2.92. The lowest BCUT2D eigenvalue weighted by atomic mass is 10.0. The molecule has 21 heavy (non-hydrogen) atoms. The van der Waals surface area contributed by atoms with Crippen LogP contribution in [-0.2, 0) is 12.6 Å². The molecular weight excluding hydrogens is 295 g/mol. The van der Waals surface area contributed by atoms with Crippen LogP contribution in [0.15, 0.2) is 23.1 Å². The van der Waals surface area contributed by atoms with Gasteiger partial charge in [0.25, 0.3) is 0 Å². The molecule has 0 fully saturated rings. The first-order valence-electron chi connectivity index (χ1n) is 7.32. The van der Waals surface area contributed by atoms with E-state index in [2.05, 4.69) is 13.8 Å². The van der Waals surface area contributed by atoms with Gasteiger partial charge in [-0.25, -0.2) is 0 Å². The second-order valence-electron chi connectivity index (χ2n) is 5.73. The Morgan fingerprint density at radius 3 is 2.43 bits per heavy atom. The number of nitrogens with two attached hydrogens (primary N) is 1. The fourth-order valence-electron chi connectivity index (χ4n) is 1.90. The second kappa shape index (κ2) is 8.08. The van der Waals surface area contributed by atoms with Crippen molar-refractivity contribution in [2.24, 2.45) is 11.7 Å². The van der Waals surface area contributed by atoms with Crippen LogP contribution in [0.2, 0.25) is 0 Å². The van der Waals surface area contributed by atoms with Gasteiger partial charge in [-0.05, 0) is 48.6 Å². The molecule has 0 spiro atoms. The zero-order valence-electron chi connectivity index (χ0n) is 12.8. The van der Waals surface area contributed by atoms with E-state index >= 15 is 0 Å². The summed E-state index contributed by atoms with van der Waals surface area (Å²) in [6.07, 6.45) is -2.17. The van der Waals surface area contributed by atoms with Crippen molar-refractivity contribution in [3.8, 4) is 0 Å². The van der Waals surface area contributed by atoms with Gasteiger partial charge < -0.3 is 5.73 Å². The van der Waals surface area contributed by atoms with Gasteiger partial charge >= 0.3 is 6.18 Å². The number of halogens is 3. The van der Waals surface area contributed by atoms with Crippen molar-refractivity contribution in [1.82, 2.24) is 0 Å². The van der Waals surface area contributed by atoms with Crippen LogP contribution in [0, 0.1) is 5.92 Å². The quantitative estimate of drug-likeness (QED) is 0.706. The molecule has 0 radical (unpaired) electrons. The molecule has 1 atom stereocenters. The topological polar surface area (TPSA) is 26.0 Å². The summed E-state index contributed by atoms with van der Waals surface area (Å²) in [6.45, 7) is 6.08. The molecule has 0 aliphatic rings. The molecule has 0 heterocycles. The Bertz CT molecular complexity index is 444. The second-order valence-corrected chi connectivity index (χ2v) is 6.87. The van der Waals surface area contributed by atoms with Crippen molar-refractivity contribution in [2.75, 3.05) is 5.75 Å². The van der Waals surface area contributed by atoms with Gasteiger partial charge in [-0.2, -0.15) is 13.2 Å². The molecule has 0 aliphatic carbocycles. The Kier molecular flexibility index (Phi) is 7.07. The largest absolute Gasteiger partial charge is 0.417 e. The van der Waals surface area contributed by atoms with Crippen molar-refractivity contribution in [3.05, 3.63) is 29.3 Å². The molecule has 2 N–H and O–H groups in total. The lowest BCUT2D eigenvalue weighted by Gasteiger charge is -2.16. The lowest BCUT2D eigenvalue weighted by molar-refractivity contribution is -0.139. The van der Waals surface area contributed by atoms with E-state index in [1.807, 2.05) is 6.92 Å². The van der Waals surface area contributed by atoms with E-state index in [0.29, 0.717) is 28.6 Å². The average molecular weight is 319 g/mol. The van der Waals surface area contributed by atoms with Crippen LogP contribution < -0.4 is 5.73 Å². The molecule has 0 saturated carbocycles. The molecule has 0 bridgehead atoms. The first-order chi connectivity index (χ1) is 9.74. The summed E-state index contributed by atoms with van der Waals surface area (Å²) in [5.41, 5.74) is 5.96. The van der Waals surface area contributed by atoms with Crippen molar-refractivity contribution < 1.29 is 13.2 Å². The molecule has 0 saturated heterocycles.